The summed E-state index contributed by atoms with van der Waals surface area (Å²) in [4.78, 5) is 0. The summed E-state index contributed by atoms with van der Waals surface area (Å²) in [5.41, 5.74) is 35.6. The summed E-state index contributed by atoms with van der Waals surface area (Å²) in [5, 5.41) is 25.8. The Morgan fingerprint density at radius 3 is 1.32 bits per heavy atom. The molecule has 10 N–H and O–H groups in total. The lowest BCUT2D eigenvalue weighted by atomic mass is 9.91. The summed E-state index contributed by atoms with van der Waals surface area (Å²) in [7, 11) is 0. The minimum Gasteiger partial charge on any atom is -0.380 e. The summed E-state index contributed by atoms with van der Waals surface area (Å²) in [6, 6.07) is 28.3. The van der Waals surface area contributed by atoms with E-state index in [4.69, 9.17) is 22.9 Å². The van der Waals surface area contributed by atoms with E-state index in [0.29, 0.717) is 11.4 Å². The molecule has 0 saturated heterocycles. The van der Waals surface area contributed by atoms with Crippen molar-refractivity contribution in [2.45, 2.75) is 0 Å². The number of fused-ring (bicyclic) bond motifs is 1. The van der Waals surface area contributed by atoms with Crippen LogP contribution in [0.1, 0.15) is 0 Å². The molecule has 196 valence electrons. The van der Waals surface area contributed by atoms with Crippen molar-refractivity contribution in [1.29, 1.82) is 0 Å². The van der Waals surface area contributed by atoms with Crippen molar-refractivity contribution in [1.82, 2.24) is 0 Å². The van der Waals surface area contributed by atoms with Crippen molar-refractivity contribution in [3.05, 3.63) is 84.9 Å². The van der Waals surface area contributed by atoms with E-state index in [2.05, 4.69) is 77.9 Å². The topological polar surface area (TPSA) is 202 Å². The molecule has 4 aromatic carbocycles. The van der Waals surface area contributed by atoms with Crippen molar-refractivity contribution >= 4 is 56.9 Å². The predicted octanol–water partition coefficient (Wildman–Crippen LogP) is 3.00. The van der Waals surface area contributed by atoms with Crippen molar-refractivity contribution in [2.75, 3.05) is 10.9 Å². The molecule has 0 spiro atoms. The number of rotatable bonds is 6. The molecule has 0 radical (unpaired) electrons. The molecule has 0 saturated carbocycles. The third-order valence-electron chi connectivity index (χ3n) is 6.35. The molecule has 0 amide bonds. The molecule has 0 aliphatic carbocycles. The lowest BCUT2D eigenvalue weighted by Crippen LogP contribution is -2.32. The summed E-state index contributed by atoms with van der Waals surface area (Å²) in [5.74, 6) is 0.664. The summed E-state index contributed by atoms with van der Waals surface area (Å²) < 4.78 is 0. The van der Waals surface area contributed by atoms with Crippen LogP contribution in [0.25, 0.3) is 33.0 Å². The largest absolute Gasteiger partial charge is 0.380 e. The number of hydrogen-bond acceptors (Lipinski definition) is 12. The first-order chi connectivity index (χ1) is 19.5. The molecule has 4 aromatic rings. The summed E-state index contributed by atoms with van der Waals surface area (Å²) in [6.07, 6.45) is 0. The summed E-state index contributed by atoms with van der Waals surface area (Å²) in [6.45, 7) is 0. The van der Waals surface area contributed by atoms with E-state index >= 15 is 0 Å². The number of benzene rings is 4. The van der Waals surface area contributed by atoms with E-state index in [1.54, 1.807) is 0 Å². The zero-order valence-electron chi connectivity index (χ0n) is 21.1. The molecule has 2 heterocycles. The van der Waals surface area contributed by atoms with E-state index in [-0.39, 0.29) is 23.3 Å². The van der Waals surface area contributed by atoms with Gasteiger partial charge in [0.05, 0.1) is 11.4 Å². The molecule has 0 fully saturated rings. The Bertz CT molecular complexity index is 1680. The average molecular weight is 529 g/mol. The van der Waals surface area contributed by atoms with Gasteiger partial charge in [-0.1, -0.05) is 60.7 Å². The highest BCUT2D eigenvalue weighted by Gasteiger charge is 2.18. The van der Waals surface area contributed by atoms with Crippen LogP contribution in [0.4, 0.5) is 11.4 Å². The van der Waals surface area contributed by atoms with Crippen LogP contribution in [-0.2, 0) is 0 Å². The van der Waals surface area contributed by atoms with Crippen LogP contribution in [-0.4, -0.2) is 34.8 Å². The van der Waals surface area contributed by atoms with Crippen molar-refractivity contribution in [3.63, 3.8) is 0 Å². The maximum atomic E-state index is 5.81. The fraction of sp³-hybridized carbons (Fsp3) is 0. The normalized spacial score (nSPS) is 14.4. The molecule has 6 rings (SSSR count). The molecule has 0 bridgehead atoms. The zero-order valence-corrected chi connectivity index (χ0v) is 21.1. The van der Waals surface area contributed by atoms with Gasteiger partial charge in [-0.25, -0.2) is 0 Å². The smallest absolute Gasteiger partial charge is 0.177 e. The van der Waals surface area contributed by atoms with Gasteiger partial charge < -0.3 is 22.9 Å². The number of hydrogen-bond donors (Lipinski definition) is 6. The van der Waals surface area contributed by atoms with Crippen LogP contribution >= 0.6 is 0 Å². The summed E-state index contributed by atoms with van der Waals surface area (Å²) >= 11 is 0. The highest BCUT2D eigenvalue weighted by atomic mass is 15.4. The molecular weight excluding hydrogens is 504 g/mol. The molecule has 0 aromatic heterocycles. The van der Waals surface area contributed by atoms with Crippen molar-refractivity contribution in [3.8, 4) is 22.3 Å². The zero-order chi connectivity index (χ0) is 27.6. The third kappa shape index (κ3) is 4.56. The Labute approximate surface area is 228 Å². The Kier molecular flexibility index (Phi) is 6.09. The average Bonchev–Trinajstić information content (AvgIpc) is 3.48. The predicted molar refractivity (Wildman–Crippen MR) is 163 cm³/mol. The third-order valence-corrected chi connectivity index (χ3v) is 6.35. The fourth-order valence-corrected chi connectivity index (χ4v) is 4.47. The van der Waals surface area contributed by atoms with Gasteiger partial charge in [0.15, 0.2) is 34.8 Å². The van der Waals surface area contributed by atoms with E-state index in [1.165, 1.54) is 0 Å². The number of anilines is 2. The van der Waals surface area contributed by atoms with E-state index in [9.17, 15) is 0 Å². The highest BCUT2D eigenvalue weighted by molar-refractivity contribution is 6.69. The van der Waals surface area contributed by atoms with Crippen LogP contribution in [0.15, 0.2) is 116 Å². The minimum absolute atomic E-state index is 0.166. The number of nitrogens with one attached hydrogen (secondary N) is 2. The van der Waals surface area contributed by atoms with Gasteiger partial charge in [-0.15, -0.1) is 20.4 Å². The molecule has 12 nitrogen and oxygen atoms in total. The van der Waals surface area contributed by atoms with Gasteiger partial charge in [0, 0.05) is 0 Å². The standard InChI is InChI=1S/C28H24N12/c29-25-23(26(30)38-37-25)35-33-18-9-1-7-16(13-18)20-11-3-5-15-6-4-12-21(22(15)20)17-8-2-10-19(14-17)34-36-24-27(31)39-40-28(24)32/h1-14,33-34H,(H4,29,30,35,37,38)(H4,31,32,36,39,40). The SMILES string of the molecule is NC1=NN=C(N)C1=NNc1cccc(-c2cccc3cccc(-c4cccc(NN=C5C(N)=NN=C5N)c4)c23)c1. The minimum atomic E-state index is 0.166. The van der Waals surface area contributed by atoms with Crippen LogP contribution in [0.3, 0.4) is 0 Å². The maximum absolute atomic E-state index is 5.81. The number of hydrazone groups is 2. The van der Waals surface area contributed by atoms with Crippen LogP contribution < -0.4 is 33.8 Å². The Balaban J connectivity index is 1.37. The van der Waals surface area contributed by atoms with Crippen LogP contribution in [0, 0.1) is 0 Å². The van der Waals surface area contributed by atoms with Crippen molar-refractivity contribution in [2.24, 2.45) is 53.5 Å². The second-order valence-electron chi connectivity index (χ2n) is 8.96. The Morgan fingerprint density at radius 2 is 0.900 bits per heavy atom. The van der Waals surface area contributed by atoms with Gasteiger partial charge in [0.25, 0.3) is 0 Å². The van der Waals surface area contributed by atoms with Gasteiger partial charge in [0.1, 0.15) is 0 Å². The van der Waals surface area contributed by atoms with E-state index < -0.39 is 0 Å². The fourth-order valence-electron chi connectivity index (χ4n) is 4.47. The molecular formula is C28H24N12. The van der Waals surface area contributed by atoms with E-state index in [0.717, 1.165) is 44.4 Å². The first kappa shape index (κ1) is 24.3. The lowest BCUT2D eigenvalue weighted by Gasteiger charge is -2.14. The number of nitrogens with zero attached hydrogens (tertiary/aromatic N) is 6. The molecule has 0 unspecified atom stereocenters. The molecule has 12 heteroatoms. The lowest BCUT2D eigenvalue weighted by molar-refractivity contribution is 1.25. The Morgan fingerprint density at radius 1 is 0.500 bits per heavy atom. The van der Waals surface area contributed by atoms with Gasteiger partial charge in [-0.3, -0.25) is 10.9 Å². The van der Waals surface area contributed by atoms with E-state index in [1.807, 2.05) is 48.5 Å². The van der Waals surface area contributed by atoms with Crippen LogP contribution in [0.2, 0.25) is 0 Å². The first-order valence-electron chi connectivity index (χ1n) is 12.2. The second kappa shape index (κ2) is 10.0. The van der Waals surface area contributed by atoms with Gasteiger partial charge >= 0.3 is 0 Å². The monoisotopic (exact) mass is 528 g/mol. The number of amidine groups is 4. The first-order valence-corrected chi connectivity index (χ1v) is 12.2. The van der Waals surface area contributed by atoms with Gasteiger partial charge in [-0.2, -0.15) is 10.2 Å². The molecule has 2 aliphatic rings. The quantitative estimate of drug-likeness (QED) is 0.207. The van der Waals surface area contributed by atoms with Crippen LogP contribution in [0.5, 0.6) is 0 Å². The molecule has 0 atom stereocenters. The maximum Gasteiger partial charge on any atom is 0.177 e. The highest BCUT2D eigenvalue weighted by Crippen LogP contribution is 2.37. The molecule has 40 heavy (non-hydrogen) atoms. The number of nitrogens with two attached hydrogens (primary N) is 4. The Hall–Kier alpha value is -6.04. The second-order valence-corrected chi connectivity index (χ2v) is 8.96. The molecule has 2 aliphatic heterocycles. The van der Waals surface area contributed by atoms with Crippen molar-refractivity contribution < 1.29 is 0 Å². The van der Waals surface area contributed by atoms with Gasteiger partial charge in [0.2, 0.25) is 0 Å². The van der Waals surface area contributed by atoms with Gasteiger partial charge in [-0.05, 0) is 57.3 Å².